The largest absolute Gasteiger partial charge is 0.459 e. The molecule has 0 saturated heterocycles. The van der Waals surface area contributed by atoms with E-state index in [1.807, 2.05) is 24.3 Å². The highest BCUT2D eigenvalue weighted by Gasteiger charge is 2.35. The molecule has 1 unspecified atom stereocenters. The van der Waals surface area contributed by atoms with Gasteiger partial charge in [0.15, 0.2) is 5.76 Å². The molecule has 1 aliphatic heterocycles. The van der Waals surface area contributed by atoms with Crippen molar-refractivity contribution >= 4 is 11.8 Å². The van der Waals surface area contributed by atoms with Gasteiger partial charge in [0.1, 0.15) is 6.04 Å². The molecule has 1 aromatic carbocycles. The average molecular weight is 354 g/mol. The number of nitrogens with one attached hydrogen (secondary N) is 1. The Morgan fingerprint density at radius 1 is 1.12 bits per heavy atom. The number of hydrogen-bond acceptors (Lipinski definition) is 3. The zero-order chi connectivity index (χ0) is 18.4. The van der Waals surface area contributed by atoms with Crippen LogP contribution in [-0.4, -0.2) is 29.3 Å². The molecule has 1 aliphatic rings. The first-order valence-electron chi connectivity index (χ1n) is 9.39. The van der Waals surface area contributed by atoms with Gasteiger partial charge in [-0.25, -0.2) is 0 Å². The summed E-state index contributed by atoms with van der Waals surface area (Å²) in [6.07, 6.45) is 6.43. The summed E-state index contributed by atoms with van der Waals surface area (Å²) in [6.45, 7) is 3.24. The smallest absolute Gasteiger partial charge is 0.290 e. The number of amides is 2. The predicted molar refractivity (Wildman–Crippen MR) is 99.7 cm³/mol. The van der Waals surface area contributed by atoms with Crippen molar-refractivity contribution in [2.45, 2.75) is 51.6 Å². The lowest BCUT2D eigenvalue weighted by Gasteiger charge is -2.35. The van der Waals surface area contributed by atoms with E-state index in [2.05, 4.69) is 12.2 Å². The van der Waals surface area contributed by atoms with E-state index in [0.717, 1.165) is 24.0 Å². The molecule has 0 saturated carbocycles. The van der Waals surface area contributed by atoms with Crippen LogP contribution in [0.4, 0.5) is 0 Å². The molecule has 1 atom stereocenters. The Bertz CT molecular complexity index is 739. The third-order valence-corrected chi connectivity index (χ3v) is 4.87. The minimum atomic E-state index is -0.506. The van der Waals surface area contributed by atoms with Crippen LogP contribution in [0, 0.1) is 0 Å². The van der Waals surface area contributed by atoms with Crippen molar-refractivity contribution in [3.8, 4) is 0 Å². The van der Waals surface area contributed by atoms with Gasteiger partial charge in [-0.1, -0.05) is 50.5 Å². The van der Waals surface area contributed by atoms with E-state index >= 15 is 0 Å². The quantitative estimate of drug-likeness (QED) is 0.774. The van der Waals surface area contributed by atoms with Gasteiger partial charge in [0.05, 0.1) is 6.26 Å². The van der Waals surface area contributed by atoms with Crippen molar-refractivity contribution < 1.29 is 14.0 Å². The first-order valence-corrected chi connectivity index (χ1v) is 9.39. The molecule has 2 heterocycles. The van der Waals surface area contributed by atoms with Crippen LogP contribution in [0.5, 0.6) is 0 Å². The average Bonchev–Trinajstić information content (AvgIpc) is 3.21. The summed E-state index contributed by atoms with van der Waals surface area (Å²) in [5, 5.41) is 3.01. The van der Waals surface area contributed by atoms with Crippen LogP contribution < -0.4 is 5.32 Å². The van der Waals surface area contributed by atoms with Crippen molar-refractivity contribution in [2.24, 2.45) is 0 Å². The second kappa shape index (κ2) is 8.70. The fraction of sp³-hybridized carbons (Fsp3) is 0.429. The predicted octanol–water partition coefficient (Wildman–Crippen LogP) is 3.54. The molecule has 0 aliphatic carbocycles. The van der Waals surface area contributed by atoms with Crippen molar-refractivity contribution in [2.75, 3.05) is 6.54 Å². The monoisotopic (exact) mass is 354 g/mol. The summed E-state index contributed by atoms with van der Waals surface area (Å²) in [7, 11) is 0. The summed E-state index contributed by atoms with van der Waals surface area (Å²) in [5.41, 5.74) is 2.21. The molecule has 1 N–H and O–H groups in total. The summed E-state index contributed by atoms with van der Waals surface area (Å²) in [5.74, 6) is -0.0586. The lowest BCUT2D eigenvalue weighted by atomic mass is 9.93. The molecule has 2 amide bonds. The first-order chi connectivity index (χ1) is 12.7. The highest BCUT2D eigenvalue weighted by Crippen LogP contribution is 2.25. The zero-order valence-corrected chi connectivity index (χ0v) is 15.2. The van der Waals surface area contributed by atoms with Gasteiger partial charge in [-0.15, -0.1) is 0 Å². The number of carbonyl (C=O) groups excluding carboxylic acids is 2. The number of benzene rings is 1. The van der Waals surface area contributed by atoms with E-state index in [1.54, 1.807) is 17.0 Å². The molecule has 0 fully saturated rings. The minimum Gasteiger partial charge on any atom is -0.459 e. The lowest BCUT2D eigenvalue weighted by Crippen LogP contribution is -2.52. The normalized spacial score (nSPS) is 16.2. The van der Waals surface area contributed by atoms with Gasteiger partial charge in [-0.3, -0.25) is 9.59 Å². The molecule has 1 aromatic heterocycles. The second-order valence-electron chi connectivity index (χ2n) is 6.75. The van der Waals surface area contributed by atoms with E-state index in [0.29, 0.717) is 19.5 Å². The SMILES string of the molecule is CCCCCCNC(=O)C1Cc2ccccc2CN1C(=O)c1ccco1. The van der Waals surface area contributed by atoms with Gasteiger partial charge in [0, 0.05) is 19.5 Å². The summed E-state index contributed by atoms with van der Waals surface area (Å²) < 4.78 is 5.27. The van der Waals surface area contributed by atoms with Crippen LogP contribution in [0.2, 0.25) is 0 Å². The van der Waals surface area contributed by atoms with E-state index in [1.165, 1.54) is 19.1 Å². The number of hydrogen-bond donors (Lipinski definition) is 1. The number of carbonyl (C=O) groups is 2. The van der Waals surface area contributed by atoms with Crippen LogP contribution >= 0.6 is 0 Å². The van der Waals surface area contributed by atoms with Crippen molar-refractivity contribution in [1.29, 1.82) is 0 Å². The topological polar surface area (TPSA) is 62.6 Å². The second-order valence-corrected chi connectivity index (χ2v) is 6.75. The third-order valence-electron chi connectivity index (χ3n) is 4.87. The van der Waals surface area contributed by atoms with E-state index in [9.17, 15) is 9.59 Å². The molecule has 5 heteroatoms. The number of furan rings is 1. The number of rotatable bonds is 7. The van der Waals surface area contributed by atoms with Gasteiger partial charge >= 0.3 is 0 Å². The van der Waals surface area contributed by atoms with Crippen LogP contribution in [0.15, 0.2) is 47.1 Å². The fourth-order valence-corrected chi connectivity index (χ4v) is 3.39. The molecule has 138 valence electrons. The van der Waals surface area contributed by atoms with Crippen LogP contribution in [-0.2, 0) is 17.8 Å². The maximum absolute atomic E-state index is 12.9. The molecule has 3 rings (SSSR count). The molecule has 0 spiro atoms. The van der Waals surface area contributed by atoms with Gasteiger partial charge < -0.3 is 14.6 Å². The van der Waals surface area contributed by atoms with Crippen molar-refractivity contribution in [3.05, 3.63) is 59.5 Å². The van der Waals surface area contributed by atoms with Gasteiger partial charge in [0.25, 0.3) is 5.91 Å². The molecule has 0 bridgehead atoms. The first kappa shape index (κ1) is 18.2. The van der Waals surface area contributed by atoms with E-state index < -0.39 is 6.04 Å². The molecule has 0 radical (unpaired) electrons. The Hall–Kier alpha value is -2.56. The Balaban J connectivity index is 1.73. The maximum Gasteiger partial charge on any atom is 0.290 e. The lowest BCUT2D eigenvalue weighted by molar-refractivity contribution is -0.126. The van der Waals surface area contributed by atoms with Crippen LogP contribution in [0.25, 0.3) is 0 Å². The fourth-order valence-electron chi connectivity index (χ4n) is 3.39. The number of fused-ring (bicyclic) bond motifs is 1. The van der Waals surface area contributed by atoms with E-state index in [-0.39, 0.29) is 17.6 Å². The highest BCUT2D eigenvalue weighted by molar-refractivity contribution is 5.96. The van der Waals surface area contributed by atoms with Crippen LogP contribution in [0.1, 0.15) is 54.3 Å². The molecule has 5 nitrogen and oxygen atoms in total. The summed E-state index contributed by atoms with van der Waals surface area (Å²) >= 11 is 0. The summed E-state index contributed by atoms with van der Waals surface area (Å²) in [4.78, 5) is 27.3. The van der Waals surface area contributed by atoms with Gasteiger partial charge in [-0.2, -0.15) is 0 Å². The van der Waals surface area contributed by atoms with E-state index in [4.69, 9.17) is 4.42 Å². The molecule has 2 aromatic rings. The highest BCUT2D eigenvalue weighted by atomic mass is 16.3. The maximum atomic E-state index is 12.9. The standard InChI is InChI=1S/C21H26N2O3/c1-2-3-4-7-12-22-20(24)18-14-16-9-5-6-10-17(16)15-23(18)21(25)19-11-8-13-26-19/h5-6,8-11,13,18H,2-4,7,12,14-15H2,1H3,(H,22,24). The van der Waals surface area contributed by atoms with Gasteiger partial charge in [-0.05, 0) is 29.7 Å². The molecule has 26 heavy (non-hydrogen) atoms. The molecular formula is C21H26N2O3. The Morgan fingerprint density at radius 2 is 1.92 bits per heavy atom. The number of nitrogens with zero attached hydrogens (tertiary/aromatic N) is 1. The Labute approximate surface area is 154 Å². The summed E-state index contributed by atoms with van der Waals surface area (Å²) in [6, 6.07) is 10.8. The third kappa shape index (κ3) is 4.15. The zero-order valence-electron chi connectivity index (χ0n) is 15.2. The molecular weight excluding hydrogens is 328 g/mol. The van der Waals surface area contributed by atoms with Crippen molar-refractivity contribution in [3.63, 3.8) is 0 Å². The van der Waals surface area contributed by atoms with Crippen molar-refractivity contribution in [1.82, 2.24) is 10.2 Å². The Morgan fingerprint density at radius 3 is 2.65 bits per heavy atom. The van der Waals surface area contributed by atoms with Crippen LogP contribution in [0.3, 0.4) is 0 Å². The minimum absolute atomic E-state index is 0.0871. The number of unbranched alkanes of at least 4 members (excludes halogenated alkanes) is 3. The van der Waals surface area contributed by atoms with Gasteiger partial charge in [0.2, 0.25) is 5.91 Å². The Kier molecular flexibility index (Phi) is 6.10.